The van der Waals surface area contributed by atoms with Crippen molar-refractivity contribution >= 4 is 27.9 Å². The average Bonchev–Trinajstić information content (AvgIpc) is 3.16. The fourth-order valence-electron chi connectivity index (χ4n) is 3.90. The molecule has 0 radical (unpaired) electrons. The maximum atomic E-state index is 13.6. The quantitative estimate of drug-likeness (QED) is 0.436. The number of imidazole rings is 1. The maximum Gasteiger partial charge on any atom is 0.332 e. The molecule has 0 saturated carbocycles. The van der Waals surface area contributed by atoms with Gasteiger partial charge in [-0.15, -0.1) is 5.92 Å². The first-order valence-electron chi connectivity index (χ1n) is 10.8. The van der Waals surface area contributed by atoms with Crippen LogP contribution in [0.1, 0.15) is 25.2 Å². The van der Waals surface area contributed by atoms with Crippen LogP contribution in [0.3, 0.4) is 0 Å². The molecule has 3 aromatic heterocycles. The number of aromatic nitrogens is 5. The molecule has 1 aromatic carbocycles. The van der Waals surface area contributed by atoms with Crippen molar-refractivity contribution < 1.29 is 0 Å². The summed E-state index contributed by atoms with van der Waals surface area (Å²) in [6.45, 7) is 6.27. The minimum Gasteiger partial charge on any atom is -0.354 e. The molecule has 4 rings (SSSR count). The van der Waals surface area contributed by atoms with E-state index in [1.807, 2.05) is 44.2 Å². The van der Waals surface area contributed by atoms with Crippen molar-refractivity contribution in [3.05, 3.63) is 62.6 Å². The first-order valence-corrected chi connectivity index (χ1v) is 10.8. The summed E-state index contributed by atoms with van der Waals surface area (Å²) in [5.74, 6) is 6.29. The van der Waals surface area contributed by atoms with Crippen molar-refractivity contribution in [2.24, 2.45) is 12.8 Å². The molecule has 33 heavy (non-hydrogen) atoms. The summed E-state index contributed by atoms with van der Waals surface area (Å²) in [7, 11) is 1.61. The van der Waals surface area contributed by atoms with Gasteiger partial charge in [0.15, 0.2) is 11.2 Å². The zero-order valence-electron chi connectivity index (χ0n) is 19.2. The Labute approximate surface area is 190 Å². The molecule has 0 amide bonds. The standard InChI is InChI=1S/C24H27N7O2/c1-5-6-11-30-20-21(28-23(30)26-13-15(2)25)29(4)24(33)31(22(20)32)14-19-18-10-8-7-9-17(18)12-16(3)27-19/h7-10,12,15H,11,13-14,25H2,1-4H3,(H,26,28)/t15-/m1/s1. The molecule has 0 bridgehead atoms. The minimum atomic E-state index is -0.454. The van der Waals surface area contributed by atoms with Gasteiger partial charge in [0.05, 0.1) is 18.8 Å². The number of nitrogens with two attached hydrogens (primary N) is 1. The van der Waals surface area contributed by atoms with Crippen LogP contribution in [-0.4, -0.2) is 36.3 Å². The van der Waals surface area contributed by atoms with Crippen LogP contribution < -0.4 is 22.3 Å². The van der Waals surface area contributed by atoms with Gasteiger partial charge in [0.1, 0.15) is 0 Å². The van der Waals surface area contributed by atoms with Crippen LogP contribution in [0.2, 0.25) is 0 Å². The largest absolute Gasteiger partial charge is 0.354 e. The number of nitrogens with one attached hydrogen (secondary N) is 1. The Kier molecular flexibility index (Phi) is 6.03. The van der Waals surface area contributed by atoms with Gasteiger partial charge in [0.25, 0.3) is 5.56 Å². The molecule has 0 fully saturated rings. The predicted octanol–water partition coefficient (Wildman–Crippen LogP) is 1.58. The Morgan fingerprint density at radius 3 is 2.67 bits per heavy atom. The van der Waals surface area contributed by atoms with Crippen LogP contribution in [0.4, 0.5) is 5.95 Å². The third-order valence-corrected chi connectivity index (χ3v) is 5.48. The zero-order valence-corrected chi connectivity index (χ0v) is 19.2. The van der Waals surface area contributed by atoms with E-state index in [9.17, 15) is 9.59 Å². The predicted molar refractivity (Wildman–Crippen MR) is 130 cm³/mol. The van der Waals surface area contributed by atoms with E-state index in [2.05, 4.69) is 27.1 Å². The molecule has 0 saturated heterocycles. The van der Waals surface area contributed by atoms with Gasteiger partial charge in [-0.2, -0.15) is 4.98 Å². The highest BCUT2D eigenvalue weighted by atomic mass is 16.2. The van der Waals surface area contributed by atoms with Crippen LogP contribution in [0, 0.1) is 18.8 Å². The van der Waals surface area contributed by atoms with Crippen molar-refractivity contribution in [1.82, 2.24) is 23.7 Å². The highest BCUT2D eigenvalue weighted by Crippen LogP contribution is 2.19. The fourth-order valence-corrected chi connectivity index (χ4v) is 3.90. The molecule has 4 aromatic rings. The molecule has 0 aliphatic heterocycles. The molecule has 0 aliphatic carbocycles. The number of pyridine rings is 1. The molecule has 9 heteroatoms. The lowest BCUT2D eigenvalue weighted by Gasteiger charge is -2.12. The molecule has 0 unspecified atom stereocenters. The Bertz CT molecular complexity index is 1530. The summed E-state index contributed by atoms with van der Waals surface area (Å²) >= 11 is 0. The Hall–Kier alpha value is -3.90. The Balaban J connectivity index is 1.94. The molecule has 170 valence electrons. The Morgan fingerprint density at radius 1 is 1.18 bits per heavy atom. The van der Waals surface area contributed by atoms with Crippen LogP contribution in [0.15, 0.2) is 39.9 Å². The summed E-state index contributed by atoms with van der Waals surface area (Å²) in [6.07, 6.45) is 0. The number of anilines is 1. The number of aryl methyl sites for hydroxylation is 2. The number of fused-ring (bicyclic) bond motifs is 2. The van der Waals surface area contributed by atoms with Crippen molar-refractivity contribution in [2.45, 2.75) is 39.9 Å². The van der Waals surface area contributed by atoms with Gasteiger partial charge in [-0.3, -0.25) is 23.5 Å². The lowest BCUT2D eigenvalue weighted by atomic mass is 10.1. The van der Waals surface area contributed by atoms with Crippen LogP contribution in [0.25, 0.3) is 21.9 Å². The van der Waals surface area contributed by atoms with Crippen LogP contribution >= 0.6 is 0 Å². The summed E-state index contributed by atoms with van der Waals surface area (Å²) in [6, 6.07) is 9.68. The first kappa shape index (κ1) is 22.3. The molecule has 3 heterocycles. The highest BCUT2D eigenvalue weighted by molar-refractivity contribution is 5.85. The van der Waals surface area contributed by atoms with Crippen molar-refractivity contribution in [1.29, 1.82) is 0 Å². The van der Waals surface area contributed by atoms with Gasteiger partial charge < -0.3 is 11.1 Å². The van der Waals surface area contributed by atoms with E-state index in [1.54, 1.807) is 18.5 Å². The number of hydrogen-bond acceptors (Lipinski definition) is 6. The van der Waals surface area contributed by atoms with Gasteiger partial charge >= 0.3 is 5.69 Å². The normalized spacial score (nSPS) is 12.0. The third-order valence-electron chi connectivity index (χ3n) is 5.48. The lowest BCUT2D eigenvalue weighted by Crippen LogP contribution is -2.40. The number of hydrogen-bond donors (Lipinski definition) is 2. The molecular formula is C24H27N7O2. The molecule has 3 N–H and O–H groups in total. The molecular weight excluding hydrogens is 418 g/mol. The zero-order chi connectivity index (χ0) is 23.7. The van der Waals surface area contributed by atoms with Crippen molar-refractivity contribution in [3.63, 3.8) is 0 Å². The van der Waals surface area contributed by atoms with Crippen molar-refractivity contribution in [3.8, 4) is 11.8 Å². The van der Waals surface area contributed by atoms with Gasteiger partial charge in [0, 0.05) is 30.7 Å². The minimum absolute atomic E-state index is 0.0525. The Morgan fingerprint density at radius 2 is 1.94 bits per heavy atom. The number of nitrogens with zero attached hydrogens (tertiary/aromatic N) is 5. The topological polar surface area (TPSA) is 113 Å². The highest BCUT2D eigenvalue weighted by Gasteiger charge is 2.21. The van der Waals surface area contributed by atoms with Crippen LogP contribution in [-0.2, 0) is 20.1 Å². The van der Waals surface area contributed by atoms with E-state index in [4.69, 9.17) is 5.73 Å². The second-order valence-electron chi connectivity index (χ2n) is 8.14. The van der Waals surface area contributed by atoms with E-state index in [1.165, 1.54) is 9.13 Å². The van der Waals surface area contributed by atoms with E-state index < -0.39 is 11.2 Å². The van der Waals surface area contributed by atoms with E-state index in [0.29, 0.717) is 29.4 Å². The lowest BCUT2D eigenvalue weighted by molar-refractivity contribution is 0.646. The van der Waals surface area contributed by atoms with Gasteiger partial charge in [0.2, 0.25) is 5.95 Å². The average molecular weight is 446 g/mol. The molecule has 9 nitrogen and oxygen atoms in total. The second-order valence-corrected chi connectivity index (χ2v) is 8.14. The maximum absolute atomic E-state index is 13.6. The van der Waals surface area contributed by atoms with E-state index >= 15 is 0 Å². The monoisotopic (exact) mass is 445 g/mol. The van der Waals surface area contributed by atoms with Crippen LogP contribution in [0.5, 0.6) is 0 Å². The van der Waals surface area contributed by atoms with Gasteiger partial charge in [-0.05, 0) is 32.2 Å². The van der Waals surface area contributed by atoms with Gasteiger partial charge in [-0.25, -0.2) is 4.79 Å². The first-order chi connectivity index (χ1) is 15.8. The molecule has 0 spiro atoms. The summed E-state index contributed by atoms with van der Waals surface area (Å²) in [4.78, 5) is 36.0. The summed E-state index contributed by atoms with van der Waals surface area (Å²) in [5, 5.41) is 5.08. The summed E-state index contributed by atoms with van der Waals surface area (Å²) < 4.78 is 4.30. The van der Waals surface area contributed by atoms with E-state index in [0.717, 1.165) is 16.5 Å². The van der Waals surface area contributed by atoms with Crippen molar-refractivity contribution in [2.75, 3.05) is 11.9 Å². The van der Waals surface area contributed by atoms with Gasteiger partial charge in [-0.1, -0.05) is 30.2 Å². The molecule has 0 aliphatic rings. The molecule has 1 atom stereocenters. The third kappa shape index (κ3) is 4.13. The fraction of sp³-hybridized carbons (Fsp3) is 0.333. The SMILES string of the molecule is CC#CCn1c(NC[C@@H](C)N)nc2c1c(=O)n(Cc1nc(C)cc3ccccc13)c(=O)n2C. The second kappa shape index (κ2) is 8.92. The summed E-state index contributed by atoms with van der Waals surface area (Å²) in [5.41, 5.74) is 7.09. The smallest absolute Gasteiger partial charge is 0.332 e. The number of benzene rings is 1. The van der Waals surface area contributed by atoms with E-state index in [-0.39, 0.29) is 19.1 Å². The number of rotatable bonds is 6.